The number of carboxylic acids is 1. The van der Waals surface area contributed by atoms with Crippen LogP contribution in [0.5, 0.6) is 0 Å². The predicted molar refractivity (Wildman–Crippen MR) is 37.7 cm³/mol. The Kier molecular flexibility index (Phi) is 4.58. The third-order valence-electron chi connectivity index (χ3n) is 0.936. The summed E-state index contributed by atoms with van der Waals surface area (Å²) in [6.07, 6.45) is 3.37. The molecule has 0 aliphatic rings. The first-order valence-corrected chi connectivity index (χ1v) is 3.17. The van der Waals surface area contributed by atoms with E-state index in [1.165, 1.54) is 6.08 Å². The summed E-state index contributed by atoms with van der Waals surface area (Å²) in [5.41, 5.74) is 0. The van der Waals surface area contributed by atoms with Crippen molar-refractivity contribution in [3.63, 3.8) is 0 Å². The maximum Gasteiger partial charge on any atom is 0.307 e. The van der Waals surface area contributed by atoms with E-state index in [0.717, 1.165) is 0 Å². The lowest BCUT2D eigenvalue weighted by Gasteiger charge is -1.94. The van der Waals surface area contributed by atoms with Gasteiger partial charge in [-0.2, -0.15) is 0 Å². The maximum atomic E-state index is 9.93. The molecule has 0 rings (SSSR count). The van der Waals surface area contributed by atoms with Gasteiger partial charge >= 0.3 is 5.97 Å². The first-order valence-electron chi connectivity index (χ1n) is 3.17. The minimum Gasteiger partial charge on any atom is -0.481 e. The first-order chi connectivity index (χ1) is 4.63. The molecule has 0 radical (unpaired) electrons. The minimum absolute atomic E-state index is 0.0344. The average Bonchev–Trinajstić information content (AvgIpc) is 1.79. The van der Waals surface area contributed by atoms with Gasteiger partial charge in [-0.3, -0.25) is 4.79 Å². The summed E-state index contributed by atoms with van der Waals surface area (Å²) in [4.78, 5) is 9.93. The molecule has 0 aliphatic heterocycles. The van der Waals surface area contributed by atoms with Gasteiger partial charge in [-0.15, -0.1) is 0 Å². The summed E-state index contributed by atoms with van der Waals surface area (Å²) in [5, 5.41) is 16.9. The van der Waals surface area contributed by atoms with Gasteiger partial charge in [-0.25, -0.2) is 0 Å². The Labute approximate surface area is 60.0 Å². The van der Waals surface area contributed by atoms with Crippen molar-refractivity contribution in [2.24, 2.45) is 0 Å². The van der Waals surface area contributed by atoms with Gasteiger partial charge in [0.2, 0.25) is 0 Å². The van der Waals surface area contributed by atoms with Gasteiger partial charge < -0.3 is 10.2 Å². The van der Waals surface area contributed by atoms with Gasteiger partial charge in [-0.05, 0) is 13.3 Å². The van der Waals surface area contributed by atoms with Crippen LogP contribution in [0.2, 0.25) is 0 Å². The van der Waals surface area contributed by atoms with Gasteiger partial charge in [0.1, 0.15) is 0 Å². The lowest BCUT2D eigenvalue weighted by molar-refractivity contribution is -0.136. The second-order valence-electron chi connectivity index (χ2n) is 2.15. The molecule has 0 aliphatic carbocycles. The second kappa shape index (κ2) is 4.99. The van der Waals surface area contributed by atoms with E-state index < -0.39 is 5.97 Å². The van der Waals surface area contributed by atoms with Crippen LogP contribution in [-0.4, -0.2) is 22.3 Å². The van der Waals surface area contributed by atoms with Gasteiger partial charge in [0, 0.05) is 0 Å². The SMILES string of the molecule is C[C@@H](O)CC=CCC(=O)O. The fourth-order valence-corrected chi connectivity index (χ4v) is 0.477. The topological polar surface area (TPSA) is 57.5 Å². The predicted octanol–water partition coefficient (Wildman–Crippen LogP) is 0.788. The van der Waals surface area contributed by atoms with E-state index in [4.69, 9.17) is 10.2 Å². The quantitative estimate of drug-likeness (QED) is 0.573. The molecule has 0 aromatic carbocycles. The van der Waals surface area contributed by atoms with Crippen molar-refractivity contribution >= 4 is 5.97 Å². The number of rotatable bonds is 4. The van der Waals surface area contributed by atoms with Crippen LogP contribution in [0.3, 0.4) is 0 Å². The number of carbonyl (C=O) groups is 1. The molecule has 0 saturated heterocycles. The fourth-order valence-electron chi connectivity index (χ4n) is 0.477. The van der Waals surface area contributed by atoms with E-state index in [1.807, 2.05) is 0 Å². The highest BCUT2D eigenvalue weighted by Gasteiger charge is 1.91. The summed E-state index contributed by atoms with van der Waals surface area (Å²) in [6, 6.07) is 0. The molecule has 0 fully saturated rings. The number of hydrogen-bond donors (Lipinski definition) is 2. The maximum absolute atomic E-state index is 9.93. The molecule has 0 bridgehead atoms. The lowest BCUT2D eigenvalue weighted by Crippen LogP contribution is -1.96. The van der Waals surface area contributed by atoms with Crippen molar-refractivity contribution in [3.8, 4) is 0 Å². The van der Waals surface area contributed by atoms with Crippen LogP contribution in [-0.2, 0) is 4.79 Å². The molecule has 3 heteroatoms. The average molecular weight is 144 g/mol. The molecule has 2 N–H and O–H groups in total. The standard InChI is InChI=1S/C7H12O3/c1-6(8)4-2-3-5-7(9)10/h2-3,6,8H,4-5H2,1H3,(H,9,10)/t6-/m1/s1. The van der Waals surface area contributed by atoms with Crippen molar-refractivity contribution in [2.75, 3.05) is 0 Å². The Bertz CT molecular complexity index is 127. The Morgan fingerprint density at radius 1 is 1.60 bits per heavy atom. The number of aliphatic hydroxyl groups excluding tert-OH is 1. The summed E-state index contributed by atoms with van der Waals surface area (Å²) in [7, 11) is 0. The monoisotopic (exact) mass is 144 g/mol. The summed E-state index contributed by atoms with van der Waals surface area (Å²) in [5.74, 6) is -0.846. The molecular formula is C7H12O3. The molecule has 0 saturated carbocycles. The molecule has 58 valence electrons. The van der Waals surface area contributed by atoms with Crippen LogP contribution < -0.4 is 0 Å². The molecule has 0 unspecified atom stereocenters. The molecule has 0 spiro atoms. The Balaban J connectivity index is 3.29. The van der Waals surface area contributed by atoms with Crippen molar-refractivity contribution < 1.29 is 15.0 Å². The highest BCUT2D eigenvalue weighted by atomic mass is 16.4. The van der Waals surface area contributed by atoms with Crippen molar-refractivity contribution in [1.29, 1.82) is 0 Å². The van der Waals surface area contributed by atoms with Crippen LogP contribution in [0.1, 0.15) is 19.8 Å². The second-order valence-corrected chi connectivity index (χ2v) is 2.15. The van der Waals surface area contributed by atoms with Crippen molar-refractivity contribution in [3.05, 3.63) is 12.2 Å². The molecule has 0 heterocycles. The van der Waals surface area contributed by atoms with Crippen molar-refractivity contribution in [2.45, 2.75) is 25.9 Å². The van der Waals surface area contributed by atoms with Gasteiger partial charge in [-0.1, -0.05) is 12.2 Å². The molecule has 0 aromatic heterocycles. The molecule has 3 nitrogen and oxygen atoms in total. The number of carboxylic acid groups (broad SMARTS) is 1. The van der Waals surface area contributed by atoms with Crippen molar-refractivity contribution in [1.82, 2.24) is 0 Å². The van der Waals surface area contributed by atoms with Crippen LogP contribution >= 0.6 is 0 Å². The molecule has 0 amide bonds. The zero-order valence-corrected chi connectivity index (χ0v) is 5.95. The van der Waals surface area contributed by atoms with Gasteiger partial charge in [0.05, 0.1) is 12.5 Å². The molecule has 1 atom stereocenters. The van der Waals surface area contributed by atoms with Crippen LogP contribution in [0.15, 0.2) is 12.2 Å². The van der Waals surface area contributed by atoms with Gasteiger partial charge in [0.25, 0.3) is 0 Å². The summed E-state index contributed by atoms with van der Waals surface area (Å²) < 4.78 is 0. The Hall–Kier alpha value is -0.830. The Morgan fingerprint density at radius 2 is 2.20 bits per heavy atom. The van der Waals surface area contributed by atoms with E-state index in [0.29, 0.717) is 6.42 Å². The normalized spacial score (nSPS) is 13.8. The molecule has 0 aromatic rings. The number of aliphatic carboxylic acids is 1. The highest BCUT2D eigenvalue weighted by molar-refractivity contribution is 5.68. The van der Waals surface area contributed by atoms with Crippen LogP contribution in [0.4, 0.5) is 0 Å². The van der Waals surface area contributed by atoms with E-state index >= 15 is 0 Å². The first kappa shape index (κ1) is 9.17. The zero-order valence-electron chi connectivity index (χ0n) is 5.95. The minimum atomic E-state index is -0.846. The van der Waals surface area contributed by atoms with Gasteiger partial charge in [0.15, 0.2) is 0 Å². The van der Waals surface area contributed by atoms with E-state index in [-0.39, 0.29) is 12.5 Å². The fraction of sp³-hybridized carbons (Fsp3) is 0.571. The smallest absolute Gasteiger partial charge is 0.307 e. The summed E-state index contributed by atoms with van der Waals surface area (Å²) in [6.45, 7) is 1.66. The third-order valence-corrected chi connectivity index (χ3v) is 0.936. The Morgan fingerprint density at radius 3 is 2.60 bits per heavy atom. The zero-order chi connectivity index (χ0) is 7.98. The van der Waals surface area contributed by atoms with E-state index in [1.54, 1.807) is 13.0 Å². The summed E-state index contributed by atoms with van der Waals surface area (Å²) >= 11 is 0. The molecular weight excluding hydrogens is 132 g/mol. The number of aliphatic hydroxyl groups is 1. The molecule has 10 heavy (non-hydrogen) atoms. The van der Waals surface area contributed by atoms with Crippen LogP contribution in [0, 0.1) is 0 Å². The van der Waals surface area contributed by atoms with E-state index in [9.17, 15) is 4.79 Å². The highest BCUT2D eigenvalue weighted by Crippen LogP contribution is 1.92. The number of hydrogen-bond acceptors (Lipinski definition) is 2. The van der Waals surface area contributed by atoms with E-state index in [2.05, 4.69) is 0 Å². The lowest BCUT2D eigenvalue weighted by atomic mass is 10.2. The van der Waals surface area contributed by atoms with Crippen LogP contribution in [0.25, 0.3) is 0 Å². The largest absolute Gasteiger partial charge is 0.481 e. The third kappa shape index (κ3) is 7.17.